The largest absolute Gasteiger partial charge is 0.478 e. The number of aromatic nitrogens is 6. The van der Waals surface area contributed by atoms with Crippen LogP contribution in [0.15, 0.2) is 66.9 Å². The molecule has 4 fully saturated rings. The third-order valence-electron chi connectivity index (χ3n) is 12.8. The Morgan fingerprint density at radius 1 is 0.662 bits per heavy atom. The molecule has 3 N–H and O–H groups in total. The highest BCUT2D eigenvalue weighted by molar-refractivity contribution is 7.92. The number of sulfonamides is 2. The minimum atomic E-state index is -3.51. The number of carboxylic acids is 1. The molecule has 2 amide bonds. The second kappa shape index (κ2) is 22.4. The van der Waals surface area contributed by atoms with Gasteiger partial charge in [-0.15, -0.1) is 12.4 Å². The molecule has 2 saturated heterocycles. The molecule has 10 rings (SSSR count). The van der Waals surface area contributed by atoms with Gasteiger partial charge in [-0.3, -0.25) is 19.1 Å². The Balaban J connectivity index is 0.000000172. The molecule has 6 aromatic rings. The smallest absolute Gasteiger partial charge is 0.410 e. The number of aromatic carboxylic acids is 1. The van der Waals surface area contributed by atoms with Crippen molar-refractivity contribution >= 4 is 84.7 Å². The molecule has 0 spiro atoms. The predicted octanol–water partition coefficient (Wildman–Crippen LogP) is 9.86. The fourth-order valence-electron chi connectivity index (χ4n) is 9.07. The number of amides is 2. The Bertz CT molecular complexity index is 3300. The Morgan fingerprint density at radius 3 is 1.74 bits per heavy atom. The van der Waals surface area contributed by atoms with Gasteiger partial charge in [0.2, 0.25) is 20.0 Å². The van der Waals surface area contributed by atoms with Crippen LogP contribution in [-0.4, -0.2) is 110 Å². The van der Waals surface area contributed by atoms with E-state index in [1.54, 1.807) is 45.1 Å². The zero-order valence-electron chi connectivity index (χ0n) is 42.5. The summed E-state index contributed by atoms with van der Waals surface area (Å²) < 4.78 is 59.3. The lowest BCUT2D eigenvalue weighted by Gasteiger charge is -2.35. The van der Waals surface area contributed by atoms with Crippen LogP contribution in [0.5, 0.6) is 0 Å². The van der Waals surface area contributed by atoms with Gasteiger partial charge in [0.1, 0.15) is 10.8 Å². The van der Waals surface area contributed by atoms with E-state index in [9.17, 15) is 31.2 Å². The first-order chi connectivity index (χ1) is 34.4. The fourth-order valence-corrected chi connectivity index (χ4v) is 10.5. The first-order valence-electron chi connectivity index (χ1n) is 24.5. The lowest BCUT2D eigenvalue weighted by Crippen LogP contribution is -2.42. The number of benzene rings is 2. The molecule has 0 bridgehead atoms. The molecule has 0 unspecified atom stereocenters. The Hall–Kier alpha value is -6.03. The van der Waals surface area contributed by atoms with Crippen LogP contribution >= 0.6 is 24.0 Å². The van der Waals surface area contributed by atoms with Crippen LogP contribution in [0.2, 0.25) is 5.15 Å². The van der Waals surface area contributed by atoms with E-state index in [1.807, 2.05) is 63.1 Å². The number of likely N-dealkylation sites (tertiary alicyclic amines) is 2. The maximum Gasteiger partial charge on any atom is 0.410 e. The van der Waals surface area contributed by atoms with E-state index in [0.717, 1.165) is 96.2 Å². The van der Waals surface area contributed by atoms with Crippen LogP contribution in [-0.2, 0) is 24.8 Å². The minimum absolute atomic E-state index is 0. The number of ether oxygens (including phenoxy) is 1. The van der Waals surface area contributed by atoms with Gasteiger partial charge in [0.15, 0.2) is 11.3 Å². The molecule has 2 aliphatic heterocycles. The fraction of sp³-hybridized carbons (Fsp3) is 0.471. The molecule has 2 aromatic carbocycles. The number of carboxylic acid groups (broad SMARTS) is 1. The number of hydrogen-bond acceptors (Lipinski definition) is 12. The van der Waals surface area contributed by atoms with Crippen molar-refractivity contribution in [2.24, 2.45) is 0 Å². The Morgan fingerprint density at radius 2 is 1.18 bits per heavy atom. The molecular formula is C51H64Cl2N10O9S2. The van der Waals surface area contributed by atoms with Gasteiger partial charge >= 0.3 is 12.1 Å². The summed E-state index contributed by atoms with van der Waals surface area (Å²) in [7, 11) is -6.97. The van der Waals surface area contributed by atoms with Gasteiger partial charge in [-0.1, -0.05) is 34.9 Å². The Kier molecular flexibility index (Phi) is 16.9. The standard InChI is InChI=1S/C23H27N5O3S.C19H25ClN4O2.C9H11NO4S.ClH/c1-15-6-9-19(26-32(2,30)31)17(13-15)23(29)27-11-4-3-5-21(27)20-14-22-24-18(16-7-8-16)10-12-28(22)25-20;1-19(2,3)26-18(25)23-9-5-4-6-15(23)14-11-17-21-13(12-7-8-12)10-16(20)24(17)22-14;1-6-3-4-8(10-15(2,13)14)7(5-6)9(11)12;/h6,9-10,12-14,16,21,26H,3-5,7-8,11H2,1-2H3;10-12,15H,4-9H2,1-3H3;3-5,10H,1-2H3,(H,11,12);1H/t21-;15-;;/m00../s1. The molecule has 6 heterocycles. The average Bonchev–Trinajstić information content (AvgIpc) is 4.26. The lowest BCUT2D eigenvalue weighted by atomic mass is 9.97. The van der Waals surface area contributed by atoms with E-state index in [1.165, 1.54) is 37.8 Å². The van der Waals surface area contributed by atoms with Crippen molar-refractivity contribution < 1.29 is 41.1 Å². The van der Waals surface area contributed by atoms with Crippen LogP contribution in [0.4, 0.5) is 16.2 Å². The molecule has 2 atom stereocenters. The molecule has 2 saturated carbocycles. The van der Waals surface area contributed by atoms with Crippen molar-refractivity contribution in [3.8, 4) is 0 Å². The van der Waals surface area contributed by atoms with Crippen molar-refractivity contribution in [3.05, 3.63) is 117 Å². The quantitative estimate of drug-likeness (QED) is 0.108. The summed E-state index contributed by atoms with van der Waals surface area (Å²) in [4.78, 5) is 50.3. The van der Waals surface area contributed by atoms with E-state index >= 15 is 0 Å². The summed E-state index contributed by atoms with van der Waals surface area (Å²) in [5.41, 5.74) is 7.19. The van der Waals surface area contributed by atoms with Gasteiger partial charge < -0.3 is 14.7 Å². The van der Waals surface area contributed by atoms with Crippen LogP contribution in [0.25, 0.3) is 11.3 Å². The topological polar surface area (TPSA) is 240 Å². The number of halogens is 2. The highest BCUT2D eigenvalue weighted by Crippen LogP contribution is 2.41. The minimum Gasteiger partial charge on any atom is -0.478 e. The molecule has 0 radical (unpaired) electrons. The molecule has 74 heavy (non-hydrogen) atoms. The number of fused-ring (bicyclic) bond motifs is 2. The summed E-state index contributed by atoms with van der Waals surface area (Å²) >= 11 is 6.43. The molecule has 2 aliphatic carbocycles. The number of rotatable bonds is 10. The van der Waals surface area contributed by atoms with Gasteiger partial charge in [0.05, 0.1) is 58.5 Å². The van der Waals surface area contributed by atoms with Crippen molar-refractivity contribution in [3.63, 3.8) is 0 Å². The van der Waals surface area contributed by atoms with E-state index < -0.39 is 31.6 Å². The van der Waals surface area contributed by atoms with Crippen LogP contribution in [0.1, 0.15) is 164 Å². The van der Waals surface area contributed by atoms with E-state index in [2.05, 4.69) is 14.5 Å². The number of carbonyl (C=O) groups excluding carboxylic acids is 2. The molecule has 4 aromatic heterocycles. The number of nitrogens with zero attached hydrogens (tertiary/aromatic N) is 8. The average molecular weight is 1100 g/mol. The van der Waals surface area contributed by atoms with Crippen molar-refractivity contribution in [1.29, 1.82) is 0 Å². The normalized spacial score (nSPS) is 18.1. The molecule has 23 heteroatoms. The van der Waals surface area contributed by atoms with Crippen molar-refractivity contribution in [2.45, 2.75) is 128 Å². The Labute approximate surface area is 442 Å². The molecule has 19 nitrogen and oxygen atoms in total. The number of nitrogens with one attached hydrogen (secondary N) is 2. The van der Waals surface area contributed by atoms with Crippen LogP contribution in [0.3, 0.4) is 0 Å². The third-order valence-corrected chi connectivity index (χ3v) is 14.2. The zero-order chi connectivity index (χ0) is 52.6. The first-order valence-corrected chi connectivity index (χ1v) is 28.7. The first kappa shape index (κ1) is 55.7. The van der Waals surface area contributed by atoms with Crippen LogP contribution in [0, 0.1) is 13.8 Å². The molecule has 398 valence electrons. The van der Waals surface area contributed by atoms with Gasteiger partial charge in [0, 0.05) is 54.6 Å². The number of aryl methyl sites for hydroxylation is 2. The number of hydrogen-bond donors (Lipinski definition) is 3. The van der Waals surface area contributed by atoms with Gasteiger partial charge in [0.25, 0.3) is 5.91 Å². The lowest BCUT2D eigenvalue weighted by molar-refractivity contribution is 0.00893. The number of piperidine rings is 2. The zero-order valence-corrected chi connectivity index (χ0v) is 45.7. The van der Waals surface area contributed by atoms with Crippen LogP contribution < -0.4 is 9.44 Å². The summed E-state index contributed by atoms with van der Waals surface area (Å²) in [5, 5.41) is 18.8. The second-order valence-electron chi connectivity index (χ2n) is 20.5. The molecule has 4 aliphatic rings. The highest BCUT2D eigenvalue weighted by Gasteiger charge is 2.35. The van der Waals surface area contributed by atoms with E-state index in [-0.39, 0.29) is 47.7 Å². The summed E-state index contributed by atoms with van der Waals surface area (Å²) in [6, 6.07) is 17.3. The maximum atomic E-state index is 13.7. The summed E-state index contributed by atoms with van der Waals surface area (Å²) in [6.07, 6.45) is 14.1. The SMILES string of the molecule is CC(C)(C)OC(=O)N1CCCC[C@H]1c1cc2nc(C3CC3)cc(Cl)n2n1.Cc1ccc(NS(C)(=O)=O)c(C(=O)N2CCCC[C@H]2c2cc3nc(C4CC4)ccn3n2)c1.Cc1ccc(NS(C)(=O)=O)c(C(=O)O)c1.Cl. The number of anilines is 2. The summed E-state index contributed by atoms with van der Waals surface area (Å²) in [6.45, 7) is 10.6. The number of carbonyl (C=O) groups is 3. The van der Waals surface area contributed by atoms with E-state index in [4.69, 9.17) is 36.5 Å². The predicted molar refractivity (Wildman–Crippen MR) is 286 cm³/mol. The summed E-state index contributed by atoms with van der Waals surface area (Å²) in [5.74, 6) is -0.255. The monoisotopic (exact) mass is 1090 g/mol. The third kappa shape index (κ3) is 14.2. The highest BCUT2D eigenvalue weighted by atomic mass is 35.5. The van der Waals surface area contributed by atoms with Gasteiger partial charge in [-0.05, 0) is 135 Å². The second-order valence-corrected chi connectivity index (χ2v) is 24.3. The van der Waals surface area contributed by atoms with Gasteiger partial charge in [-0.2, -0.15) is 10.2 Å². The van der Waals surface area contributed by atoms with Crippen molar-refractivity contribution in [1.82, 2.24) is 39.0 Å². The van der Waals surface area contributed by atoms with E-state index in [0.29, 0.717) is 41.3 Å². The molecular weight excluding hydrogens is 1030 g/mol. The maximum absolute atomic E-state index is 13.7. The van der Waals surface area contributed by atoms with Crippen molar-refractivity contribution in [2.75, 3.05) is 35.0 Å². The van der Waals surface area contributed by atoms with Gasteiger partial charge in [-0.25, -0.2) is 45.4 Å².